The molecule has 10 heteroatoms. The van der Waals surface area contributed by atoms with Gasteiger partial charge < -0.3 is 14.6 Å². The van der Waals surface area contributed by atoms with Crippen molar-refractivity contribution in [2.24, 2.45) is 7.05 Å². The molecule has 1 atom stereocenters. The van der Waals surface area contributed by atoms with Gasteiger partial charge in [-0.1, -0.05) is 31.5 Å². The number of pyridine rings is 1. The molecule has 3 aromatic heterocycles. The van der Waals surface area contributed by atoms with Crippen LogP contribution in [0.25, 0.3) is 22.4 Å². The number of imidazole rings is 2. The maximum atomic E-state index is 6.28. The summed E-state index contributed by atoms with van der Waals surface area (Å²) >= 11 is 8.59. The minimum atomic E-state index is 0.413. The number of methoxy groups -OCH3 is 1. The number of aromatic nitrogens is 5. The van der Waals surface area contributed by atoms with Crippen LogP contribution in [0.3, 0.4) is 0 Å². The van der Waals surface area contributed by atoms with Gasteiger partial charge in [0.2, 0.25) is 0 Å². The van der Waals surface area contributed by atoms with E-state index in [4.69, 9.17) is 16.3 Å². The highest BCUT2D eigenvalue weighted by atomic mass is 127. The van der Waals surface area contributed by atoms with Crippen LogP contribution in [0.5, 0.6) is 5.75 Å². The minimum absolute atomic E-state index is 0.413. The lowest BCUT2D eigenvalue weighted by Gasteiger charge is -2.14. The van der Waals surface area contributed by atoms with Crippen LogP contribution in [0, 0.1) is 6.92 Å². The highest BCUT2D eigenvalue weighted by Crippen LogP contribution is 2.37. The van der Waals surface area contributed by atoms with Gasteiger partial charge in [-0.05, 0) is 41.1 Å². The molecule has 0 saturated heterocycles. The van der Waals surface area contributed by atoms with Crippen molar-refractivity contribution in [1.82, 2.24) is 23.9 Å². The summed E-state index contributed by atoms with van der Waals surface area (Å²) in [7, 11) is 3.61. The molecule has 0 fully saturated rings. The summed E-state index contributed by atoms with van der Waals surface area (Å²) in [4.78, 5) is 13.3. The lowest BCUT2D eigenvalue weighted by atomic mass is 10.1. The number of ether oxygens (including phenoxy) is 1. The van der Waals surface area contributed by atoms with Gasteiger partial charge in [-0.3, -0.25) is 4.34 Å². The van der Waals surface area contributed by atoms with Gasteiger partial charge in [0.1, 0.15) is 22.2 Å². The van der Waals surface area contributed by atoms with Crippen molar-refractivity contribution in [3.05, 3.63) is 47.8 Å². The summed E-state index contributed by atoms with van der Waals surface area (Å²) in [6.07, 6.45) is 4.09. The van der Waals surface area contributed by atoms with Gasteiger partial charge in [0, 0.05) is 18.7 Å². The molecule has 4 rings (SSSR count). The fourth-order valence-electron chi connectivity index (χ4n) is 3.06. The van der Waals surface area contributed by atoms with Crippen LogP contribution in [0.1, 0.15) is 19.7 Å². The number of nitrogens with zero attached hydrogens (tertiary/aromatic N) is 5. The van der Waals surface area contributed by atoms with Gasteiger partial charge in [0.25, 0.3) is 0 Å². The molecule has 1 aromatic carbocycles. The fourth-order valence-corrected chi connectivity index (χ4v) is 5.39. The number of hydrogen-bond acceptors (Lipinski definition) is 5. The quantitative estimate of drug-likeness (QED) is 0.176. The predicted molar refractivity (Wildman–Crippen MR) is 135 cm³/mol. The Morgan fingerprint density at radius 3 is 2.57 bits per heavy atom. The molecule has 30 heavy (non-hydrogen) atoms. The SMILES string of the molecule is CC.COc1cc(-c2cncn2C)ccc1Nc1cc(Cl)nc2c1nc(C)n2PI. The monoisotopic (exact) mass is 556 g/mol. The molecule has 4 aromatic rings. The van der Waals surface area contributed by atoms with Crippen molar-refractivity contribution in [2.75, 3.05) is 12.4 Å². The Bertz CT molecular complexity index is 1180. The highest BCUT2D eigenvalue weighted by molar-refractivity contribution is 14.2. The van der Waals surface area contributed by atoms with E-state index in [2.05, 4.69) is 46.6 Å². The van der Waals surface area contributed by atoms with Crippen molar-refractivity contribution in [2.45, 2.75) is 20.8 Å². The summed E-state index contributed by atoms with van der Waals surface area (Å²) in [5.41, 5.74) is 5.19. The maximum absolute atomic E-state index is 6.28. The molecule has 0 radical (unpaired) electrons. The molecule has 0 spiro atoms. The van der Waals surface area contributed by atoms with Crippen LogP contribution in [-0.4, -0.2) is 31.0 Å². The molecule has 0 aliphatic carbocycles. The third-order valence-corrected chi connectivity index (χ3v) is 6.77. The minimum Gasteiger partial charge on any atom is -0.495 e. The zero-order valence-corrected chi connectivity index (χ0v) is 21.3. The number of fused-ring (bicyclic) bond motifs is 1. The molecule has 7 nitrogen and oxygen atoms in total. The lowest BCUT2D eigenvalue weighted by molar-refractivity contribution is 0.417. The zero-order valence-electron chi connectivity index (χ0n) is 17.4. The number of anilines is 2. The Hall–Kier alpha value is -1.90. The predicted octanol–water partition coefficient (Wildman–Crippen LogP) is 6.36. The number of halogens is 2. The highest BCUT2D eigenvalue weighted by Gasteiger charge is 2.16. The average Bonchev–Trinajstić information content (AvgIpc) is 3.32. The molecule has 0 aliphatic rings. The summed E-state index contributed by atoms with van der Waals surface area (Å²) in [5.74, 6) is 1.62. The van der Waals surface area contributed by atoms with Gasteiger partial charge >= 0.3 is 0 Å². The smallest absolute Gasteiger partial charge is 0.167 e. The fraction of sp³-hybridized carbons (Fsp3) is 0.250. The van der Waals surface area contributed by atoms with Crippen molar-refractivity contribution >= 4 is 62.6 Å². The van der Waals surface area contributed by atoms with E-state index in [0.717, 1.165) is 39.6 Å². The normalized spacial score (nSPS) is 11.0. The van der Waals surface area contributed by atoms with E-state index >= 15 is 0 Å². The van der Waals surface area contributed by atoms with E-state index in [1.165, 1.54) is 0 Å². The zero-order chi connectivity index (χ0) is 21.8. The molecule has 1 unspecified atom stereocenters. The van der Waals surface area contributed by atoms with Crippen LogP contribution in [-0.2, 0) is 7.05 Å². The first-order valence-corrected chi connectivity index (χ1v) is 13.8. The third-order valence-electron chi connectivity index (χ3n) is 4.42. The molecule has 0 saturated carbocycles. The van der Waals surface area contributed by atoms with Crippen molar-refractivity contribution in [1.29, 1.82) is 0 Å². The van der Waals surface area contributed by atoms with Crippen LogP contribution >= 0.6 is 40.0 Å². The molecular formula is C20H23ClIN6OP. The third kappa shape index (κ3) is 4.40. The molecule has 3 heterocycles. The van der Waals surface area contributed by atoms with Gasteiger partial charge in [-0.2, -0.15) is 0 Å². The number of aryl methyl sites for hydroxylation is 2. The largest absolute Gasteiger partial charge is 0.495 e. The standard InChI is InChI=1S/C18H17ClIN6OP.C2H6/c1-10-22-17-13(7-16(19)24-18(17)26(10)28-20)23-12-5-4-11(6-15(12)27-3)14-8-21-9-25(14)2;1-2/h4-9,28H,1-3H3,(H,23,24);1-2H3. The molecule has 0 amide bonds. The van der Waals surface area contributed by atoms with Crippen LogP contribution in [0.2, 0.25) is 5.15 Å². The first kappa shape index (κ1) is 22.8. The molecule has 0 bridgehead atoms. The molecule has 158 valence electrons. The van der Waals surface area contributed by atoms with Gasteiger partial charge in [-0.15, -0.1) is 0 Å². The van der Waals surface area contributed by atoms with Gasteiger partial charge in [-0.25, -0.2) is 15.0 Å². The topological polar surface area (TPSA) is 69.8 Å². The van der Waals surface area contributed by atoms with E-state index in [0.29, 0.717) is 17.3 Å². The van der Waals surface area contributed by atoms with E-state index in [1.54, 1.807) is 19.5 Å². The number of hydrogen-bond donors (Lipinski definition) is 1. The van der Waals surface area contributed by atoms with E-state index in [1.807, 2.05) is 56.8 Å². The number of benzene rings is 1. The lowest BCUT2D eigenvalue weighted by Crippen LogP contribution is -1.98. The summed E-state index contributed by atoms with van der Waals surface area (Å²) in [6.45, 7) is 5.97. The average molecular weight is 557 g/mol. The first-order chi connectivity index (χ1) is 14.5. The van der Waals surface area contributed by atoms with Crippen LogP contribution in [0.4, 0.5) is 11.4 Å². The molecular weight excluding hydrogens is 534 g/mol. The second-order valence-electron chi connectivity index (χ2n) is 6.17. The molecule has 1 N–H and O–H groups in total. The Labute approximate surface area is 195 Å². The van der Waals surface area contributed by atoms with Crippen LogP contribution < -0.4 is 10.1 Å². The number of rotatable bonds is 5. The molecule has 0 aliphatic heterocycles. The van der Waals surface area contributed by atoms with Crippen LogP contribution in [0.15, 0.2) is 36.8 Å². The maximum Gasteiger partial charge on any atom is 0.167 e. The van der Waals surface area contributed by atoms with Crippen molar-refractivity contribution < 1.29 is 4.74 Å². The number of nitrogens with one attached hydrogen (secondary N) is 1. The second-order valence-corrected chi connectivity index (χ2v) is 8.62. The van der Waals surface area contributed by atoms with E-state index < -0.39 is 0 Å². The van der Waals surface area contributed by atoms with Gasteiger partial charge in [0.05, 0.1) is 43.1 Å². The van der Waals surface area contributed by atoms with Crippen molar-refractivity contribution in [3.63, 3.8) is 0 Å². The summed E-state index contributed by atoms with van der Waals surface area (Å²) in [6, 6.07) is 7.77. The van der Waals surface area contributed by atoms with E-state index in [9.17, 15) is 0 Å². The first-order valence-electron chi connectivity index (χ1n) is 9.36. The second kappa shape index (κ2) is 9.94. The Balaban J connectivity index is 0.00000124. The Morgan fingerprint density at radius 1 is 1.17 bits per heavy atom. The van der Waals surface area contributed by atoms with Gasteiger partial charge in [0.15, 0.2) is 5.65 Å². The van der Waals surface area contributed by atoms with E-state index in [-0.39, 0.29) is 0 Å². The Morgan fingerprint density at radius 2 is 1.93 bits per heavy atom. The Kier molecular flexibility index (Phi) is 7.55. The summed E-state index contributed by atoms with van der Waals surface area (Å²) < 4.78 is 9.64. The summed E-state index contributed by atoms with van der Waals surface area (Å²) in [5, 5.41) is 3.83. The van der Waals surface area contributed by atoms with Crippen molar-refractivity contribution in [3.8, 4) is 17.0 Å².